The van der Waals surface area contributed by atoms with Crippen LogP contribution in [0.15, 0.2) is 10.9 Å². The van der Waals surface area contributed by atoms with E-state index in [4.69, 9.17) is 5.11 Å². The molecule has 1 heterocycles. The van der Waals surface area contributed by atoms with Gasteiger partial charge in [-0.25, -0.2) is 0 Å². The molecule has 1 aromatic rings. The first-order valence-electron chi connectivity index (χ1n) is 4.22. The van der Waals surface area contributed by atoms with Crippen LogP contribution in [0.5, 0.6) is 5.88 Å². The Bertz CT molecular complexity index is 330. The minimum atomic E-state index is -0.339. The molecule has 0 aliphatic heterocycles. The van der Waals surface area contributed by atoms with E-state index >= 15 is 0 Å². The van der Waals surface area contributed by atoms with Crippen LogP contribution in [0.3, 0.4) is 0 Å². The van der Waals surface area contributed by atoms with Crippen LogP contribution >= 0.6 is 0 Å². The number of hydrogen-bond acceptors (Lipinski definition) is 4. The number of aromatic amines is 1. The lowest BCUT2D eigenvalue weighted by Gasteiger charge is -2.18. The van der Waals surface area contributed by atoms with Gasteiger partial charge in [-0.1, -0.05) is 0 Å². The number of nitrogens with zero attached hydrogens (tertiary/aromatic N) is 2. The number of nitrogens with one attached hydrogen (secondary N) is 1. The summed E-state index contributed by atoms with van der Waals surface area (Å²) in [4.78, 5) is 19.2. The van der Waals surface area contributed by atoms with Crippen molar-refractivity contribution in [1.82, 2.24) is 9.97 Å². The SMILES string of the molecule is CCN(CC)c1nc(O)cc(=O)[nH]1. The van der Waals surface area contributed by atoms with E-state index in [1.807, 2.05) is 18.7 Å². The van der Waals surface area contributed by atoms with Crippen molar-refractivity contribution in [3.63, 3.8) is 0 Å². The minimum absolute atomic E-state index is 0.245. The van der Waals surface area contributed by atoms with Gasteiger partial charge in [0.1, 0.15) is 0 Å². The molecule has 0 saturated carbocycles. The van der Waals surface area contributed by atoms with Crippen LogP contribution in [0.1, 0.15) is 13.8 Å². The summed E-state index contributed by atoms with van der Waals surface area (Å²) in [5, 5.41) is 9.08. The fraction of sp³-hybridized carbons (Fsp3) is 0.500. The maximum atomic E-state index is 11.0. The molecule has 72 valence electrons. The second kappa shape index (κ2) is 3.93. The Morgan fingerprint density at radius 2 is 2.15 bits per heavy atom. The van der Waals surface area contributed by atoms with Gasteiger partial charge in [-0.2, -0.15) is 4.98 Å². The maximum absolute atomic E-state index is 11.0. The average Bonchev–Trinajstić information content (AvgIpc) is 2.04. The Morgan fingerprint density at radius 3 is 2.62 bits per heavy atom. The summed E-state index contributed by atoms with van der Waals surface area (Å²) in [5.41, 5.74) is -0.339. The van der Waals surface area contributed by atoms with Crippen LogP contribution in [-0.2, 0) is 0 Å². The third kappa shape index (κ3) is 2.21. The van der Waals surface area contributed by atoms with Gasteiger partial charge >= 0.3 is 0 Å². The molecule has 0 bridgehead atoms. The van der Waals surface area contributed by atoms with Crippen LogP contribution in [-0.4, -0.2) is 28.2 Å². The smallest absolute Gasteiger partial charge is 0.256 e. The van der Waals surface area contributed by atoms with Gasteiger partial charge in [-0.05, 0) is 13.8 Å². The first-order valence-corrected chi connectivity index (χ1v) is 4.22. The monoisotopic (exact) mass is 183 g/mol. The first kappa shape index (κ1) is 9.57. The van der Waals surface area contributed by atoms with Crippen molar-refractivity contribution >= 4 is 5.95 Å². The lowest BCUT2D eigenvalue weighted by Crippen LogP contribution is -2.26. The molecule has 13 heavy (non-hydrogen) atoms. The number of rotatable bonds is 3. The highest BCUT2D eigenvalue weighted by Crippen LogP contribution is 2.07. The van der Waals surface area contributed by atoms with Crippen LogP contribution in [0.25, 0.3) is 0 Å². The van der Waals surface area contributed by atoms with E-state index in [0.29, 0.717) is 5.95 Å². The van der Waals surface area contributed by atoms with Crippen molar-refractivity contribution in [2.45, 2.75) is 13.8 Å². The summed E-state index contributed by atoms with van der Waals surface area (Å²) in [6.07, 6.45) is 0. The van der Waals surface area contributed by atoms with Crippen molar-refractivity contribution in [3.05, 3.63) is 16.4 Å². The van der Waals surface area contributed by atoms with E-state index in [2.05, 4.69) is 9.97 Å². The molecule has 0 amide bonds. The molecule has 2 N–H and O–H groups in total. The van der Waals surface area contributed by atoms with Crippen molar-refractivity contribution in [3.8, 4) is 5.88 Å². The molecular formula is C8H13N3O2. The fourth-order valence-corrected chi connectivity index (χ4v) is 1.11. The highest BCUT2D eigenvalue weighted by molar-refractivity contribution is 5.30. The van der Waals surface area contributed by atoms with E-state index in [1.165, 1.54) is 0 Å². The van der Waals surface area contributed by atoms with Gasteiger partial charge in [-0.15, -0.1) is 0 Å². The summed E-state index contributed by atoms with van der Waals surface area (Å²) in [7, 11) is 0. The molecule has 0 aliphatic rings. The molecule has 0 aliphatic carbocycles. The largest absolute Gasteiger partial charge is 0.493 e. The molecule has 0 aromatic carbocycles. The fourth-order valence-electron chi connectivity index (χ4n) is 1.11. The predicted molar refractivity (Wildman–Crippen MR) is 50.1 cm³/mol. The zero-order chi connectivity index (χ0) is 9.84. The van der Waals surface area contributed by atoms with Crippen molar-refractivity contribution < 1.29 is 5.11 Å². The highest BCUT2D eigenvalue weighted by atomic mass is 16.3. The topological polar surface area (TPSA) is 69.2 Å². The summed E-state index contributed by atoms with van der Waals surface area (Å²) in [5.74, 6) is 0.167. The van der Waals surface area contributed by atoms with Crippen LogP contribution in [0.2, 0.25) is 0 Å². The second-order valence-electron chi connectivity index (χ2n) is 2.60. The van der Waals surface area contributed by atoms with Gasteiger partial charge < -0.3 is 10.0 Å². The lowest BCUT2D eigenvalue weighted by molar-refractivity contribution is 0.450. The van der Waals surface area contributed by atoms with Gasteiger partial charge in [0.25, 0.3) is 5.56 Å². The maximum Gasteiger partial charge on any atom is 0.256 e. The third-order valence-electron chi connectivity index (χ3n) is 1.78. The lowest BCUT2D eigenvalue weighted by atomic mass is 10.5. The van der Waals surface area contributed by atoms with Gasteiger partial charge in [-0.3, -0.25) is 9.78 Å². The Morgan fingerprint density at radius 1 is 1.54 bits per heavy atom. The van der Waals surface area contributed by atoms with Gasteiger partial charge in [0.05, 0.1) is 6.07 Å². The van der Waals surface area contributed by atoms with Crippen molar-refractivity contribution in [2.75, 3.05) is 18.0 Å². The molecule has 0 saturated heterocycles. The van der Waals surface area contributed by atoms with Crippen LogP contribution in [0, 0.1) is 0 Å². The molecule has 5 nitrogen and oxygen atoms in total. The standard InChI is InChI=1S/C8H13N3O2/c1-3-11(4-2)8-9-6(12)5-7(13)10-8/h5H,3-4H2,1-2H3,(H2,9,10,12,13). The number of H-pyrrole nitrogens is 1. The number of anilines is 1. The normalized spacial score (nSPS) is 10.0. The van der Waals surface area contributed by atoms with Crippen LogP contribution in [0.4, 0.5) is 5.95 Å². The van der Waals surface area contributed by atoms with Gasteiger partial charge in [0, 0.05) is 13.1 Å². The minimum Gasteiger partial charge on any atom is -0.493 e. The predicted octanol–water partition coefficient (Wildman–Crippen LogP) is 0.322. The second-order valence-corrected chi connectivity index (χ2v) is 2.60. The van der Waals surface area contributed by atoms with Crippen molar-refractivity contribution in [2.24, 2.45) is 0 Å². The van der Waals surface area contributed by atoms with Gasteiger partial charge in [0.15, 0.2) is 0 Å². The number of aromatic nitrogens is 2. The summed E-state index contributed by atoms with van der Waals surface area (Å²) in [6.45, 7) is 5.38. The third-order valence-corrected chi connectivity index (χ3v) is 1.78. The zero-order valence-corrected chi connectivity index (χ0v) is 7.74. The van der Waals surface area contributed by atoms with Crippen molar-refractivity contribution in [1.29, 1.82) is 0 Å². The summed E-state index contributed by atoms with van der Waals surface area (Å²) in [6, 6.07) is 1.05. The highest BCUT2D eigenvalue weighted by Gasteiger charge is 2.05. The average molecular weight is 183 g/mol. The van der Waals surface area contributed by atoms with E-state index in [9.17, 15) is 4.79 Å². The number of hydrogen-bond donors (Lipinski definition) is 2. The Labute approximate surface area is 76.0 Å². The summed E-state index contributed by atoms with van der Waals surface area (Å²) >= 11 is 0. The Hall–Kier alpha value is -1.52. The van der Waals surface area contributed by atoms with E-state index in [1.54, 1.807) is 0 Å². The molecule has 0 radical (unpaired) electrons. The van der Waals surface area contributed by atoms with E-state index < -0.39 is 0 Å². The van der Waals surface area contributed by atoms with Gasteiger partial charge in [0.2, 0.25) is 11.8 Å². The molecule has 0 unspecified atom stereocenters. The van der Waals surface area contributed by atoms with Crippen LogP contribution < -0.4 is 10.5 Å². The summed E-state index contributed by atoms with van der Waals surface area (Å²) < 4.78 is 0. The first-order chi connectivity index (χ1) is 6.17. The molecule has 1 rings (SSSR count). The van der Waals surface area contributed by atoms with E-state index in [-0.39, 0.29) is 11.4 Å². The molecule has 0 atom stereocenters. The molecule has 0 fully saturated rings. The zero-order valence-electron chi connectivity index (χ0n) is 7.74. The quantitative estimate of drug-likeness (QED) is 0.708. The Kier molecular flexibility index (Phi) is 2.89. The van der Waals surface area contributed by atoms with E-state index in [0.717, 1.165) is 19.2 Å². The molecule has 5 heteroatoms. The Balaban J connectivity index is 3.06. The molecule has 0 spiro atoms. The molecule has 1 aromatic heterocycles. The number of aromatic hydroxyl groups is 1. The molecular weight excluding hydrogens is 170 g/mol.